The van der Waals surface area contributed by atoms with E-state index in [0.29, 0.717) is 6.10 Å². The fourth-order valence-electron chi connectivity index (χ4n) is 2.46. The normalized spacial score (nSPS) is 27.7. The van der Waals surface area contributed by atoms with Crippen LogP contribution in [0, 0.1) is 5.92 Å². The van der Waals surface area contributed by atoms with Crippen molar-refractivity contribution in [2.45, 2.75) is 64.3 Å². The summed E-state index contributed by atoms with van der Waals surface area (Å²) < 4.78 is 6.20. The van der Waals surface area contributed by atoms with Gasteiger partial charge >= 0.3 is 0 Å². The van der Waals surface area contributed by atoms with E-state index in [2.05, 4.69) is 26.2 Å². The molecule has 2 heteroatoms. The minimum atomic E-state index is -1.33. The van der Waals surface area contributed by atoms with Crippen LogP contribution in [0.5, 0.6) is 0 Å². The average molecular weight is 226 g/mol. The Balaban J connectivity index is 2.32. The third-order valence-corrected chi connectivity index (χ3v) is 4.07. The van der Waals surface area contributed by atoms with Crippen LogP contribution in [0.4, 0.5) is 0 Å². The Hall–Kier alpha value is -0.0831. The van der Waals surface area contributed by atoms with Gasteiger partial charge in [0.2, 0.25) is 0 Å². The van der Waals surface area contributed by atoms with Crippen molar-refractivity contribution in [1.29, 1.82) is 0 Å². The maximum Gasteiger partial charge on any atom is 0.184 e. The Morgan fingerprint density at radius 2 is 2.07 bits per heavy atom. The molecule has 1 aliphatic rings. The molecular weight excluding hydrogens is 200 g/mol. The lowest BCUT2D eigenvalue weighted by Crippen LogP contribution is -2.34. The van der Waals surface area contributed by atoms with Crippen molar-refractivity contribution in [2.75, 3.05) is 0 Å². The fraction of sp³-hybridized carbons (Fsp3) is 0.846. The van der Waals surface area contributed by atoms with Gasteiger partial charge in [-0.25, -0.2) is 0 Å². The summed E-state index contributed by atoms with van der Waals surface area (Å²) in [5.74, 6) is 0.887. The largest absolute Gasteiger partial charge is 0.415 e. The van der Waals surface area contributed by atoms with E-state index in [1.54, 1.807) is 0 Å². The molecule has 0 aromatic rings. The van der Waals surface area contributed by atoms with E-state index in [1.165, 1.54) is 38.5 Å². The van der Waals surface area contributed by atoms with Crippen LogP contribution in [0.25, 0.3) is 0 Å². The van der Waals surface area contributed by atoms with Gasteiger partial charge in [0.1, 0.15) is 0 Å². The molecule has 88 valence electrons. The van der Waals surface area contributed by atoms with Gasteiger partial charge in [0.15, 0.2) is 8.32 Å². The molecule has 1 fully saturated rings. The zero-order valence-electron chi connectivity index (χ0n) is 10.6. The lowest BCUT2D eigenvalue weighted by Gasteiger charge is -2.33. The van der Waals surface area contributed by atoms with Crippen LogP contribution in [0.2, 0.25) is 19.6 Å². The van der Waals surface area contributed by atoms with Crippen molar-refractivity contribution in [3.63, 3.8) is 0 Å². The van der Waals surface area contributed by atoms with Gasteiger partial charge in [0.25, 0.3) is 0 Å². The van der Waals surface area contributed by atoms with Gasteiger partial charge in [0.05, 0.1) is 0 Å². The van der Waals surface area contributed by atoms with Crippen LogP contribution >= 0.6 is 0 Å². The van der Waals surface area contributed by atoms with E-state index in [9.17, 15) is 0 Å². The van der Waals surface area contributed by atoms with Crippen molar-refractivity contribution in [3.05, 3.63) is 12.7 Å². The Morgan fingerprint density at radius 1 is 1.33 bits per heavy atom. The van der Waals surface area contributed by atoms with Gasteiger partial charge in [-0.1, -0.05) is 18.9 Å². The Kier molecular flexibility index (Phi) is 5.07. The molecule has 15 heavy (non-hydrogen) atoms. The van der Waals surface area contributed by atoms with E-state index < -0.39 is 8.32 Å². The van der Waals surface area contributed by atoms with Crippen molar-refractivity contribution in [2.24, 2.45) is 5.92 Å². The van der Waals surface area contributed by atoms with Crippen molar-refractivity contribution < 1.29 is 4.43 Å². The van der Waals surface area contributed by atoms with Gasteiger partial charge in [-0.2, -0.15) is 0 Å². The number of rotatable bonds is 5. The first-order valence-corrected chi connectivity index (χ1v) is 9.71. The molecule has 0 aromatic heterocycles. The summed E-state index contributed by atoms with van der Waals surface area (Å²) in [6.45, 7) is 10.7. The Labute approximate surface area is 96.0 Å². The summed E-state index contributed by atoms with van der Waals surface area (Å²) in [6, 6.07) is 0. The van der Waals surface area contributed by atoms with Gasteiger partial charge in [-0.3, -0.25) is 0 Å². The van der Waals surface area contributed by atoms with Gasteiger partial charge in [-0.05, 0) is 51.2 Å². The first-order chi connectivity index (χ1) is 7.01. The summed E-state index contributed by atoms with van der Waals surface area (Å²) in [5.41, 5.74) is 0. The molecule has 0 spiro atoms. The molecule has 0 aliphatic heterocycles. The standard InChI is InChI=1S/C13H26OSi/c1-5-6-8-12-9-7-10-13(11-12)14-15(2,3)4/h5,12-13H,1,6-11H2,2-4H3/t12-,13-/m1/s1. The van der Waals surface area contributed by atoms with Crippen molar-refractivity contribution in [1.82, 2.24) is 0 Å². The van der Waals surface area contributed by atoms with Crippen LogP contribution < -0.4 is 0 Å². The highest BCUT2D eigenvalue weighted by Gasteiger charge is 2.26. The second-order valence-corrected chi connectivity index (χ2v) is 10.2. The predicted octanol–water partition coefficient (Wildman–Crippen LogP) is 4.36. The van der Waals surface area contributed by atoms with E-state index in [4.69, 9.17) is 4.43 Å². The Bertz CT molecular complexity index is 195. The number of allylic oxidation sites excluding steroid dienone is 1. The van der Waals surface area contributed by atoms with Crippen LogP contribution in [0.15, 0.2) is 12.7 Å². The molecule has 0 heterocycles. The highest BCUT2D eigenvalue weighted by Crippen LogP contribution is 2.31. The highest BCUT2D eigenvalue weighted by atomic mass is 28.4. The summed E-state index contributed by atoms with van der Waals surface area (Å²) in [5, 5.41) is 0. The molecule has 1 rings (SSSR count). The predicted molar refractivity (Wildman–Crippen MR) is 69.6 cm³/mol. The molecule has 0 aromatic carbocycles. The second kappa shape index (κ2) is 5.85. The average Bonchev–Trinajstić information content (AvgIpc) is 2.12. The zero-order valence-corrected chi connectivity index (χ0v) is 11.6. The van der Waals surface area contributed by atoms with Crippen LogP contribution in [0.3, 0.4) is 0 Å². The molecular formula is C13H26OSi. The molecule has 2 atom stereocenters. The smallest absolute Gasteiger partial charge is 0.184 e. The minimum Gasteiger partial charge on any atom is -0.415 e. The first kappa shape index (κ1) is 13.0. The van der Waals surface area contributed by atoms with Gasteiger partial charge in [0, 0.05) is 6.10 Å². The summed E-state index contributed by atoms with van der Waals surface area (Å²) >= 11 is 0. The topological polar surface area (TPSA) is 9.23 Å². The van der Waals surface area contributed by atoms with E-state index in [1.807, 2.05) is 6.08 Å². The van der Waals surface area contributed by atoms with Gasteiger partial charge in [-0.15, -0.1) is 6.58 Å². The SMILES string of the molecule is C=CCC[C@@H]1CCC[C@@H](O[Si](C)(C)C)C1. The third kappa shape index (κ3) is 5.52. The second-order valence-electron chi connectivity index (χ2n) is 5.75. The van der Waals surface area contributed by atoms with Crippen LogP contribution in [-0.2, 0) is 4.43 Å². The minimum absolute atomic E-state index is 0.556. The monoisotopic (exact) mass is 226 g/mol. The number of hydrogen-bond acceptors (Lipinski definition) is 1. The molecule has 0 bridgehead atoms. The van der Waals surface area contributed by atoms with Crippen LogP contribution in [-0.4, -0.2) is 14.4 Å². The zero-order chi connectivity index (χ0) is 11.3. The van der Waals surface area contributed by atoms with Crippen molar-refractivity contribution >= 4 is 8.32 Å². The van der Waals surface area contributed by atoms with Crippen molar-refractivity contribution in [3.8, 4) is 0 Å². The lowest BCUT2D eigenvalue weighted by molar-refractivity contribution is 0.114. The summed E-state index contributed by atoms with van der Waals surface area (Å²) in [6.07, 6.45) is 10.4. The molecule has 1 aliphatic carbocycles. The summed E-state index contributed by atoms with van der Waals surface area (Å²) in [4.78, 5) is 0. The maximum atomic E-state index is 6.20. The number of hydrogen-bond donors (Lipinski definition) is 0. The van der Waals surface area contributed by atoms with Gasteiger partial charge < -0.3 is 4.43 Å². The van der Waals surface area contributed by atoms with E-state index in [-0.39, 0.29) is 0 Å². The molecule has 1 nitrogen and oxygen atoms in total. The highest BCUT2D eigenvalue weighted by molar-refractivity contribution is 6.69. The third-order valence-electron chi connectivity index (χ3n) is 3.03. The molecule has 0 unspecified atom stereocenters. The summed E-state index contributed by atoms with van der Waals surface area (Å²) in [7, 11) is -1.33. The van der Waals surface area contributed by atoms with Crippen LogP contribution in [0.1, 0.15) is 38.5 Å². The molecule has 0 radical (unpaired) electrons. The first-order valence-electron chi connectivity index (χ1n) is 6.30. The molecule has 0 amide bonds. The maximum absolute atomic E-state index is 6.20. The Morgan fingerprint density at radius 3 is 2.67 bits per heavy atom. The molecule has 0 N–H and O–H groups in total. The fourth-order valence-corrected chi connectivity index (χ4v) is 3.68. The van der Waals surface area contributed by atoms with E-state index >= 15 is 0 Å². The quantitative estimate of drug-likeness (QED) is 0.500. The van der Waals surface area contributed by atoms with E-state index in [0.717, 1.165) is 5.92 Å². The molecule has 1 saturated carbocycles. The lowest BCUT2D eigenvalue weighted by atomic mass is 9.84. The molecule has 0 saturated heterocycles.